The van der Waals surface area contributed by atoms with Crippen molar-refractivity contribution in [1.82, 2.24) is 9.97 Å². The first-order chi connectivity index (χ1) is 7.04. The van der Waals surface area contributed by atoms with Crippen LogP contribution in [0.15, 0.2) is 11.4 Å². The van der Waals surface area contributed by atoms with Crippen molar-refractivity contribution in [3.8, 4) is 0 Å². The summed E-state index contributed by atoms with van der Waals surface area (Å²) in [5, 5.41) is 0.654. The van der Waals surface area contributed by atoms with Gasteiger partial charge < -0.3 is 4.74 Å². The molecule has 1 aromatic rings. The van der Waals surface area contributed by atoms with E-state index in [9.17, 15) is 4.79 Å². The summed E-state index contributed by atoms with van der Waals surface area (Å²) in [5.41, 5.74) is 0.197. The number of thioether (sulfide) groups is 1. The van der Waals surface area contributed by atoms with Crippen LogP contribution >= 0.6 is 23.4 Å². The maximum Gasteiger partial charge on any atom is 0.343 e. The molecule has 0 aliphatic rings. The molecule has 0 saturated heterocycles. The minimum absolute atomic E-state index is 0.125. The molecular weight excluding hydrogens is 236 g/mol. The second kappa shape index (κ2) is 5.32. The summed E-state index contributed by atoms with van der Waals surface area (Å²) in [6, 6.07) is 0. The van der Waals surface area contributed by atoms with Crippen molar-refractivity contribution in [2.24, 2.45) is 0 Å². The molecular formula is C9H11ClN2O2S. The average Bonchev–Trinajstić information content (AvgIpc) is 2.16. The van der Waals surface area contributed by atoms with E-state index in [0.717, 1.165) is 0 Å². The minimum atomic E-state index is -0.498. The SMILES string of the molecule is CSc1ncc(C(=O)OC(C)C)c(Cl)n1. The quantitative estimate of drug-likeness (QED) is 0.355. The highest BCUT2D eigenvalue weighted by atomic mass is 35.5. The van der Waals surface area contributed by atoms with Crippen molar-refractivity contribution < 1.29 is 9.53 Å². The largest absolute Gasteiger partial charge is 0.459 e. The second-order valence-corrected chi connectivity index (χ2v) is 4.15. The monoisotopic (exact) mass is 246 g/mol. The van der Waals surface area contributed by atoms with Gasteiger partial charge in [-0.1, -0.05) is 23.4 Å². The molecule has 1 aromatic heterocycles. The van der Waals surface area contributed by atoms with E-state index >= 15 is 0 Å². The maximum absolute atomic E-state index is 11.5. The average molecular weight is 247 g/mol. The zero-order valence-electron chi connectivity index (χ0n) is 8.65. The smallest absolute Gasteiger partial charge is 0.343 e. The number of halogens is 1. The van der Waals surface area contributed by atoms with Crippen molar-refractivity contribution in [2.45, 2.75) is 25.1 Å². The molecule has 0 aromatic carbocycles. The zero-order chi connectivity index (χ0) is 11.4. The van der Waals surface area contributed by atoms with Crippen LogP contribution in [0.2, 0.25) is 5.15 Å². The van der Waals surface area contributed by atoms with Gasteiger partial charge >= 0.3 is 5.97 Å². The second-order valence-electron chi connectivity index (χ2n) is 3.02. The van der Waals surface area contributed by atoms with Crippen LogP contribution in [0.3, 0.4) is 0 Å². The van der Waals surface area contributed by atoms with Gasteiger partial charge in [-0.2, -0.15) is 0 Å². The molecule has 0 N–H and O–H groups in total. The lowest BCUT2D eigenvalue weighted by atomic mass is 10.3. The van der Waals surface area contributed by atoms with Crippen molar-refractivity contribution in [1.29, 1.82) is 0 Å². The summed E-state index contributed by atoms with van der Waals surface area (Å²) in [6.07, 6.45) is 3.03. The van der Waals surface area contributed by atoms with Gasteiger partial charge in [-0.15, -0.1) is 0 Å². The molecule has 1 heterocycles. The fourth-order valence-electron chi connectivity index (χ4n) is 0.859. The predicted molar refractivity (Wildman–Crippen MR) is 59.4 cm³/mol. The number of rotatable bonds is 3. The molecule has 82 valence electrons. The summed E-state index contributed by atoms with van der Waals surface area (Å²) >= 11 is 7.18. The Bertz CT molecular complexity index is 371. The van der Waals surface area contributed by atoms with Crippen LogP contribution in [0.1, 0.15) is 24.2 Å². The van der Waals surface area contributed by atoms with Gasteiger partial charge in [-0.05, 0) is 20.1 Å². The zero-order valence-corrected chi connectivity index (χ0v) is 10.2. The lowest BCUT2D eigenvalue weighted by Gasteiger charge is -2.08. The number of aromatic nitrogens is 2. The number of hydrogen-bond donors (Lipinski definition) is 0. The van der Waals surface area contributed by atoms with Crippen LogP contribution in [-0.4, -0.2) is 28.3 Å². The van der Waals surface area contributed by atoms with Crippen molar-refractivity contribution in [2.75, 3.05) is 6.26 Å². The van der Waals surface area contributed by atoms with Crippen molar-refractivity contribution >= 4 is 29.3 Å². The van der Waals surface area contributed by atoms with E-state index in [1.165, 1.54) is 18.0 Å². The highest BCUT2D eigenvalue weighted by molar-refractivity contribution is 7.98. The Hall–Kier alpha value is -0.810. The molecule has 0 spiro atoms. The number of ether oxygens (including phenoxy) is 1. The fourth-order valence-corrected chi connectivity index (χ4v) is 1.46. The molecule has 0 aliphatic heterocycles. The molecule has 0 atom stereocenters. The topological polar surface area (TPSA) is 52.1 Å². The Kier molecular flexibility index (Phi) is 4.35. The molecule has 4 nitrogen and oxygen atoms in total. The predicted octanol–water partition coefficient (Wildman–Crippen LogP) is 2.42. The summed E-state index contributed by atoms with van der Waals surface area (Å²) in [6.45, 7) is 3.53. The molecule has 0 amide bonds. The van der Waals surface area contributed by atoms with E-state index in [4.69, 9.17) is 16.3 Å². The van der Waals surface area contributed by atoms with Crippen LogP contribution in [0.5, 0.6) is 0 Å². The Balaban J connectivity index is 2.90. The maximum atomic E-state index is 11.5. The first-order valence-corrected chi connectivity index (χ1v) is 5.92. The van der Waals surface area contributed by atoms with Gasteiger partial charge in [0.15, 0.2) is 5.16 Å². The molecule has 1 rings (SSSR count). The number of nitrogens with zero attached hydrogens (tertiary/aromatic N) is 2. The van der Waals surface area contributed by atoms with Gasteiger partial charge in [0.1, 0.15) is 10.7 Å². The molecule has 0 aliphatic carbocycles. The molecule has 0 radical (unpaired) electrons. The van der Waals surface area contributed by atoms with Crippen LogP contribution < -0.4 is 0 Å². The van der Waals surface area contributed by atoms with Gasteiger partial charge in [-0.3, -0.25) is 0 Å². The van der Waals surface area contributed by atoms with Gasteiger partial charge in [0, 0.05) is 6.20 Å². The number of hydrogen-bond acceptors (Lipinski definition) is 5. The third-order valence-corrected chi connectivity index (χ3v) is 2.32. The van der Waals surface area contributed by atoms with Crippen LogP contribution in [0.25, 0.3) is 0 Å². The summed E-state index contributed by atoms with van der Waals surface area (Å²) in [4.78, 5) is 19.4. The fraction of sp³-hybridized carbons (Fsp3) is 0.444. The van der Waals surface area contributed by atoms with Gasteiger partial charge in [0.2, 0.25) is 0 Å². The molecule has 6 heteroatoms. The van der Waals surface area contributed by atoms with E-state index in [1.807, 2.05) is 6.26 Å². The molecule has 0 unspecified atom stereocenters. The number of esters is 1. The van der Waals surface area contributed by atoms with Crippen LogP contribution in [-0.2, 0) is 4.74 Å². The molecule has 0 fully saturated rings. The first kappa shape index (κ1) is 12.3. The summed E-state index contributed by atoms with van der Waals surface area (Å²) < 4.78 is 4.98. The van der Waals surface area contributed by atoms with E-state index < -0.39 is 5.97 Å². The van der Waals surface area contributed by atoms with Crippen LogP contribution in [0.4, 0.5) is 0 Å². The van der Waals surface area contributed by atoms with Crippen molar-refractivity contribution in [3.05, 3.63) is 16.9 Å². The molecule has 0 saturated carbocycles. The normalized spacial score (nSPS) is 10.5. The van der Waals surface area contributed by atoms with Gasteiger partial charge in [0.05, 0.1) is 6.10 Å². The van der Waals surface area contributed by atoms with Crippen molar-refractivity contribution in [3.63, 3.8) is 0 Å². The third kappa shape index (κ3) is 3.35. The first-order valence-electron chi connectivity index (χ1n) is 4.32. The Morgan fingerprint density at radius 3 is 2.73 bits per heavy atom. The van der Waals surface area contributed by atoms with E-state index in [-0.39, 0.29) is 16.8 Å². The van der Waals surface area contributed by atoms with Crippen LogP contribution in [0, 0.1) is 0 Å². The lowest BCUT2D eigenvalue weighted by Crippen LogP contribution is -2.13. The van der Waals surface area contributed by atoms with Gasteiger partial charge in [-0.25, -0.2) is 14.8 Å². The Labute approximate surface area is 97.4 Å². The van der Waals surface area contributed by atoms with E-state index in [0.29, 0.717) is 5.16 Å². The Morgan fingerprint density at radius 1 is 1.60 bits per heavy atom. The highest BCUT2D eigenvalue weighted by Gasteiger charge is 2.15. The van der Waals surface area contributed by atoms with E-state index in [2.05, 4.69) is 9.97 Å². The molecule has 0 bridgehead atoms. The molecule has 15 heavy (non-hydrogen) atoms. The summed E-state index contributed by atoms with van der Waals surface area (Å²) in [5.74, 6) is -0.498. The summed E-state index contributed by atoms with van der Waals surface area (Å²) in [7, 11) is 0. The number of carbonyl (C=O) groups excluding carboxylic acids is 1. The Morgan fingerprint density at radius 2 is 2.27 bits per heavy atom. The lowest BCUT2D eigenvalue weighted by molar-refractivity contribution is 0.0377. The minimum Gasteiger partial charge on any atom is -0.459 e. The third-order valence-electron chi connectivity index (χ3n) is 1.47. The van der Waals surface area contributed by atoms with E-state index in [1.54, 1.807) is 13.8 Å². The standard InChI is InChI=1S/C9H11ClN2O2S/c1-5(2)14-8(13)6-4-11-9(15-3)12-7(6)10/h4-5H,1-3H3. The number of carbonyl (C=O) groups is 1. The highest BCUT2D eigenvalue weighted by Crippen LogP contribution is 2.17. The van der Waals surface area contributed by atoms with Gasteiger partial charge in [0.25, 0.3) is 0 Å².